The average molecular weight is 316 g/mol. The molecule has 0 aliphatic rings. The van der Waals surface area contributed by atoms with Gasteiger partial charge in [-0.2, -0.15) is 0 Å². The standard InChI is InChI=1S/C18H16N6/c1-24(15-10-19-12-20-11-15)17-5-4-13(8-22-17)7-14-9-23-18-16(14)3-2-6-21-18/h2-6,8-12H,7H2,1H3,(H,21,23). The molecule has 24 heavy (non-hydrogen) atoms. The first-order chi connectivity index (χ1) is 11.8. The van der Waals surface area contributed by atoms with Crippen LogP contribution in [0.5, 0.6) is 0 Å². The SMILES string of the molecule is CN(c1cncnc1)c1ccc(Cc2c[nH]c3ncccc23)cn1. The fourth-order valence-corrected chi connectivity index (χ4v) is 2.70. The van der Waals surface area contributed by atoms with Crippen molar-refractivity contribution in [3.05, 3.63) is 72.7 Å². The largest absolute Gasteiger partial charge is 0.346 e. The van der Waals surface area contributed by atoms with Gasteiger partial charge in [-0.3, -0.25) is 0 Å². The molecule has 0 saturated heterocycles. The number of pyridine rings is 2. The van der Waals surface area contributed by atoms with Crippen molar-refractivity contribution in [3.63, 3.8) is 0 Å². The van der Waals surface area contributed by atoms with Crippen LogP contribution < -0.4 is 4.90 Å². The molecule has 0 aliphatic carbocycles. The molecule has 0 aromatic carbocycles. The number of rotatable bonds is 4. The lowest BCUT2D eigenvalue weighted by atomic mass is 10.1. The average Bonchev–Trinajstić information content (AvgIpc) is 3.06. The number of H-pyrrole nitrogens is 1. The number of nitrogens with zero attached hydrogens (tertiary/aromatic N) is 5. The summed E-state index contributed by atoms with van der Waals surface area (Å²) < 4.78 is 0. The summed E-state index contributed by atoms with van der Waals surface area (Å²) >= 11 is 0. The van der Waals surface area contributed by atoms with E-state index in [2.05, 4.69) is 37.1 Å². The zero-order valence-corrected chi connectivity index (χ0v) is 13.2. The summed E-state index contributed by atoms with van der Waals surface area (Å²) in [6.45, 7) is 0. The van der Waals surface area contributed by atoms with Crippen molar-refractivity contribution in [1.82, 2.24) is 24.9 Å². The maximum atomic E-state index is 4.56. The van der Waals surface area contributed by atoms with Crippen LogP contribution in [0.2, 0.25) is 0 Å². The van der Waals surface area contributed by atoms with Gasteiger partial charge in [0.05, 0.1) is 18.1 Å². The van der Waals surface area contributed by atoms with Crippen molar-refractivity contribution in [2.45, 2.75) is 6.42 Å². The van der Waals surface area contributed by atoms with E-state index in [1.54, 1.807) is 18.6 Å². The zero-order valence-electron chi connectivity index (χ0n) is 13.2. The lowest BCUT2D eigenvalue weighted by Crippen LogP contribution is -2.11. The molecule has 0 fully saturated rings. The minimum Gasteiger partial charge on any atom is -0.346 e. The number of hydrogen-bond donors (Lipinski definition) is 1. The maximum absolute atomic E-state index is 4.56. The van der Waals surface area contributed by atoms with Crippen LogP contribution in [0.3, 0.4) is 0 Å². The molecular formula is C18H16N6. The predicted molar refractivity (Wildman–Crippen MR) is 93.2 cm³/mol. The van der Waals surface area contributed by atoms with Gasteiger partial charge in [0, 0.05) is 37.4 Å². The highest BCUT2D eigenvalue weighted by atomic mass is 15.2. The molecule has 0 radical (unpaired) electrons. The molecule has 4 aromatic rings. The Balaban J connectivity index is 1.56. The third kappa shape index (κ3) is 2.69. The second kappa shape index (κ2) is 6.08. The Morgan fingerprint density at radius 1 is 1.04 bits per heavy atom. The van der Waals surface area contributed by atoms with Crippen molar-refractivity contribution < 1.29 is 0 Å². The van der Waals surface area contributed by atoms with Crippen LogP contribution in [0.4, 0.5) is 11.5 Å². The third-order valence-electron chi connectivity index (χ3n) is 4.02. The van der Waals surface area contributed by atoms with Gasteiger partial charge in [-0.05, 0) is 29.3 Å². The van der Waals surface area contributed by atoms with E-state index in [1.807, 2.05) is 36.5 Å². The molecule has 0 atom stereocenters. The van der Waals surface area contributed by atoms with Crippen molar-refractivity contribution in [2.75, 3.05) is 11.9 Å². The Morgan fingerprint density at radius 2 is 1.92 bits per heavy atom. The van der Waals surface area contributed by atoms with Crippen LogP contribution >= 0.6 is 0 Å². The van der Waals surface area contributed by atoms with Crippen LogP contribution in [-0.4, -0.2) is 32.0 Å². The summed E-state index contributed by atoms with van der Waals surface area (Å²) in [5.74, 6) is 0.856. The second-order valence-electron chi connectivity index (χ2n) is 5.57. The Labute approximate surface area is 139 Å². The van der Waals surface area contributed by atoms with Crippen LogP contribution in [-0.2, 0) is 6.42 Å². The van der Waals surface area contributed by atoms with Gasteiger partial charge in [0.25, 0.3) is 0 Å². The van der Waals surface area contributed by atoms with Gasteiger partial charge in [0.15, 0.2) is 0 Å². The molecule has 4 aromatic heterocycles. The van der Waals surface area contributed by atoms with Gasteiger partial charge in [0.1, 0.15) is 17.8 Å². The molecule has 4 rings (SSSR count). The van der Waals surface area contributed by atoms with Crippen LogP contribution in [0.25, 0.3) is 11.0 Å². The van der Waals surface area contributed by atoms with Gasteiger partial charge in [-0.25, -0.2) is 19.9 Å². The molecule has 6 nitrogen and oxygen atoms in total. The quantitative estimate of drug-likeness (QED) is 0.626. The van der Waals surface area contributed by atoms with Gasteiger partial charge < -0.3 is 9.88 Å². The van der Waals surface area contributed by atoms with Gasteiger partial charge >= 0.3 is 0 Å². The topological polar surface area (TPSA) is 70.6 Å². The first kappa shape index (κ1) is 14.3. The monoisotopic (exact) mass is 316 g/mol. The molecule has 0 amide bonds. The summed E-state index contributed by atoms with van der Waals surface area (Å²) in [5, 5.41) is 1.15. The summed E-state index contributed by atoms with van der Waals surface area (Å²) in [7, 11) is 1.95. The van der Waals surface area contributed by atoms with E-state index >= 15 is 0 Å². The van der Waals surface area contributed by atoms with E-state index in [0.717, 1.165) is 34.5 Å². The Morgan fingerprint density at radius 3 is 2.71 bits per heavy atom. The van der Waals surface area contributed by atoms with Gasteiger partial charge in [-0.1, -0.05) is 6.07 Å². The lowest BCUT2D eigenvalue weighted by molar-refractivity contribution is 1.06. The summed E-state index contributed by atoms with van der Waals surface area (Å²) in [5.41, 5.74) is 4.19. The number of nitrogens with one attached hydrogen (secondary N) is 1. The highest BCUT2D eigenvalue weighted by Gasteiger charge is 2.08. The maximum Gasteiger partial charge on any atom is 0.137 e. The first-order valence-corrected chi connectivity index (χ1v) is 7.66. The smallest absolute Gasteiger partial charge is 0.137 e. The molecule has 6 heteroatoms. The summed E-state index contributed by atoms with van der Waals surface area (Å²) in [6, 6.07) is 8.14. The molecule has 1 N–H and O–H groups in total. The number of fused-ring (bicyclic) bond motifs is 1. The zero-order chi connectivity index (χ0) is 16.4. The lowest BCUT2D eigenvalue weighted by Gasteiger charge is -2.17. The van der Waals surface area contributed by atoms with Crippen molar-refractivity contribution in [3.8, 4) is 0 Å². The molecule has 0 unspecified atom stereocenters. The van der Waals surface area contributed by atoms with Crippen LogP contribution in [0.15, 0.2) is 61.6 Å². The number of anilines is 2. The summed E-state index contributed by atoms with van der Waals surface area (Å²) in [4.78, 5) is 22.1. The Bertz CT molecular complexity index is 946. The van der Waals surface area contributed by atoms with E-state index in [0.29, 0.717) is 0 Å². The van der Waals surface area contributed by atoms with Crippen LogP contribution in [0.1, 0.15) is 11.1 Å². The Kier molecular flexibility index (Phi) is 3.63. The van der Waals surface area contributed by atoms with E-state index < -0.39 is 0 Å². The van der Waals surface area contributed by atoms with Gasteiger partial charge in [0.2, 0.25) is 0 Å². The van der Waals surface area contributed by atoms with Crippen molar-refractivity contribution in [2.24, 2.45) is 0 Å². The minimum atomic E-state index is 0.817. The van der Waals surface area contributed by atoms with Crippen molar-refractivity contribution in [1.29, 1.82) is 0 Å². The van der Waals surface area contributed by atoms with E-state index in [9.17, 15) is 0 Å². The minimum absolute atomic E-state index is 0.817. The highest BCUT2D eigenvalue weighted by Crippen LogP contribution is 2.22. The third-order valence-corrected chi connectivity index (χ3v) is 4.02. The Hall–Kier alpha value is -3.28. The highest BCUT2D eigenvalue weighted by molar-refractivity contribution is 5.79. The molecule has 4 heterocycles. The first-order valence-electron chi connectivity index (χ1n) is 7.66. The molecule has 0 saturated carbocycles. The van der Waals surface area contributed by atoms with Crippen LogP contribution in [0, 0.1) is 0 Å². The fraction of sp³-hybridized carbons (Fsp3) is 0.111. The van der Waals surface area contributed by atoms with Gasteiger partial charge in [-0.15, -0.1) is 0 Å². The molecule has 118 valence electrons. The fourth-order valence-electron chi connectivity index (χ4n) is 2.70. The molecule has 0 spiro atoms. The molecular weight excluding hydrogens is 300 g/mol. The van der Waals surface area contributed by atoms with E-state index in [1.165, 1.54) is 11.9 Å². The summed E-state index contributed by atoms with van der Waals surface area (Å²) in [6.07, 6.45) is 11.6. The second-order valence-corrected chi connectivity index (χ2v) is 5.57. The van der Waals surface area contributed by atoms with E-state index in [4.69, 9.17) is 0 Å². The molecule has 0 aliphatic heterocycles. The molecule has 0 bridgehead atoms. The predicted octanol–water partition coefficient (Wildman–Crippen LogP) is 3.11. The van der Waals surface area contributed by atoms with Crippen molar-refractivity contribution >= 4 is 22.5 Å². The normalized spacial score (nSPS) is 10.9. The number of aromatic nitrogens is 5. The van der Waals surface area contributed by atoms with E-state index in [-0.39, 0.29) is 0 Å². The number of aromatic amines is 1. The number of hydrogen-bond acceptors (Lipinski definition) is 5.